The van der Waals surface area contributed by atoms with Crippen molar-refractivity contribution in [3.05, 3.63) is 88.0 Å². The minimum absolute atomic E-state index is 0.194. The van der Waals surface area contributed by atoms with Crippen LogP contribution in [0.1, 0.15) is 28.7 Å². The van der Waals surface area contributed by atoms with E-state index >= 15 is 0 Å². The van der Waals surface area contributed by atoms with Crippen LogP contribution in [-0.2, 0) is 6.42 Å². The predicted octanol–water partition coefficient (Wildman–Crippen LogP) is 4.11. The number of hydrogen-bond donors (Lipinski definition) is 2. The number of carbonyl (C=O) groups excluding carboxylic acids is 1. The minimum Gasteiger partial charge on any atom is -0.322 e. The Balaban J connectivity index is 1.68. The number of carbonyl (C=O) groups is 1. The highest BCUT2D eigenvalue weighted by Crippen LogP contribution is 2.22. The number of benzene rings is 2. The summed E-state index contributed by atoms with van der Waals surface area (Å²) in [5.41, 5.74) is 4.00. The number of para-hydroxylation sites is 1. The van der Waals surface area contributed by atoms with E-state index in [1.165, 1.54) is 6.07 Å². The lowest BCUT2D eigenvalue weighted by Gasteiger charge is -2.10. The Morgan fingerprint density at radius 2 is 1.86 bits per heavy atom. The van der Waals surface area contributed by atoms with E-state index in [-0.39, 0.29) is 11.5 Å². The van der Waals surface area contributed by atoms with E-state index in [0.29, 0.717) is 23.5 Å². The smallest absolute Gasteiger partial charge is 0.256 e. The van der Waals surface area contributed by atoms with Crippen LogP contribution in [0.4, 0.5) is 5.69 Å². The molecule has 6 heteroatoms. The van der Waals surface area contributed by atoms with Crippen molar-refractivity contribution in [1.82, 2.24) is 15.0 Å². The zero-order chi connectivity index (χ0) is 20.4. The topological polar surface area (TPSA) is 87.7 Å². The van der Waals surface area contributed by atoms with E-state index in [4.69, 9.17) is 0 Å². The van der Waals surface area contributed by atoms with Gasteiger partial charge in [0.25, 0.3) is 11.5 Å². The molecule has 0 aliphatic heterocycles. The molecule has 6 nitrogen and oxygen atoms in total. The maximum Gasteiger partial charge on any atom is 0.256 e. The van der Waals surface area contributed by atoms with Crippen molar-refractivity contribution in [2.24, 2.45) is 0 Å². The summed E-state index contributed by atoms with van der Waals surface area (Å²) in [5.74, 6) is 0.267. The second-order valence-electron chi connectivity index (χ2n) is 6.80. The Bertz CT molecular complexity index is 1280. The molecule has 0 bridgehead atoms. The third-order valence-corrected chi connectivity index (χ3v) is 4.64. The highest BCUT2D eigenvalue weighted by molar-refractivity contribution is 6.12. The molecule has 144 valence electrons. The Morgan fingerprint density at radius 3 is 2.69 bits per heavy atom. The van der Waals surface area contributed by atoms with Gasteiger partial charge in [0.2, 0.25) is 0 Å². The quantitative estimate of drug-likeness (QED) is 0.554. The van der Waals surface area contributed by atoms with Crippen LogP contribution in [0.15, 0.2) is 65.5 Å². The lowest BCUT2D eigenvalue weighted by atomic mass is 10.1. The molecule has 0 atom stereocenters. The summed E-state index contributed by atoms with van der Waals surface area (Å²) in [5, 5.41) is 3.74. The standard InChI is InChI=1S/C23H20N4O2/c1-3-16-13-21(28)27-22(25-16)15-7-6-8-17(12-15)26-23(29)19-11-14(2)24-20-10-5-4-9-18(19)20/h4-13H,3H2,1-2H3,(H,26,29)(H,25,27,28). The van der Waals surface area contributed by atoms with Crippen LogP contribution in [0, 0.1) is 6.92 Å². The Labute approximate surface area is 167 Å². The lowest BCUT2D eigenvalue weighted by molar-refractivity contribution is 0.102. The summed E-state index contributed by atoms with van der Waals surface area (Å²) in [6.07, 6.45) is 0.668. The van der Waals surface area contributed by atoms with Gasteiger partial charge in [-0.25, -0.2) is 4.98 Å². The second kappa shape index (κ2) is 7.67. The molecule has 0 radical (unpaired) electrons. The summed E-state index contributed by atoms with van der Waals surface area (Å²) >= 11 is 0. The van der Waals surface area contributed by atoms with Crippen molar-refractivity contribution in [3.63, 3.8) is 0 Å². The summed E-state index contributed by atoms with van der Waals surface area (Å²) < 4.78 is 0. The Hall–Kier alpha value is -3.80. The molecule has 0 aliphatic carbocycles. The molecular formula is C23H20N4O2. The van der Waals surface area contributed by atoms with Crippen LogP contribution >= 0.6 is 0 Å². The monoisotopic (exact) mass is 384 g/mol. The van der Waals surface area contributed by atoms with Gasteiger partial charge < -0.3 is 10.3 Å². The highest BCUT2D eigenvalue weighted by Gasteiger charge is 2.13. The van der Waals surface area contributed by atoms with Crippen LogP contribution in [0.2, 0.25) is 0 Å². The summed E-state index contributed by atoms with van der Waals surface area (Å²) in [6, 6.07) is 18.1. The van der Waals surface area contributed by atoms with Crippen LogP contribution in [0.5, 0.6) is 0 Å². The molecule has 4 rings (SSSR count). The third kappa shape index (κ3) is 3.91. The molecular weight excluding hydrogens is 364 g/mol. The number of pyridine rings is 1. The number of aryl methyl sites for hydroxylation is 2. The van der Waals surface area contributed by atoms with Gasteiger partial charge >= 0.3 is 0 Å². The lowest BCUT2D eigenvalue weighted by Crippen LogP contribution is -2.13. The molecule has 1 amide bonds. The van der Waals surface area contributed by atoms with Crippen molar-refractivity contribution in [2.45, 2.75) is 20.3 Å². The molecule has 2 aromatic heterocycles. The summed E-state index contributed by atoms with van der Waals surface area (Å²) in [4.78, 5) is 36.6. The number of rotatable bonds is 4. The molecule has 0 aliphatic rings. The van der Waals surface area contributed by atoms with Gasteiger partial charge in [-0.1, -0.05) is 37.3 Å². The first-order valence-corrected chi connectivity index (χ1v) is 9.42. The summed E-state index contributed by atoms with van der Waals surface area (Å²) in [7, 11) is 0. The van der Waals surface area contributed by atoms with Crippen molar-refractivity contribution < 1.29 is 4.79 Å². The van der Waals surface area contributed by atoms with Gasteiger partial charge in [0, 0.05) is 34.1 Å². The molecule has 4 aromatic rings. The normalized spacial score (nSPS) is 10.8. The van der Waals surface area contributed by atoms with Crippen molar-refractivity contribution in [3.8, 4) is 11.4 Å². The van der Waals surface area contributed by atoms with Crippen molar-refractivity contribution >= 4 is 22.5 Å². The first-order valence-electron chi connectivity index (χ1n) is 9.42. The molecule has 29 heavy (non-hydrogen) atoms. The van der Waals surface area contributed by atoms with Gasteiger partial charge in [-0.3, -0.25) is 14.6 Å². The van der Waals surface area contributed by atoms with Crippen molar-refractivity contribution in [2.75, 3.05) is 5.32 Å². The average Bonchev–Trinajstić information content (AvgIpc) is 2.72. The zero-order valence-corrected chi connectivity index (χ0v) is 16.2. The first kappa shape index (κ1) is 18.6. The minimum atomic E-state index is -0.215. The fraction of sp³-hybridized carbons (Fsp3) is 0.130. The fourth-order valence-corrected chi connectivity index (χ4v) is 3.26. The molecule has 2 aromatic carbocycles. The predicted molar refractivity (Wildman–Crippen MR) is 114 cm³/mol. The number of fused-ring (bicyclic) bond motifs is 1. The number of anilines is 1. The highest BCUT2D eigenvalue weighted by atomic mass is 16.1. The Kier molecular flexibility index (Phi) is 4.91. The van der Waals surface area contributed by atoms with E-state index in [1.807, 2.05) is 50.2 Å². The number of hydrogen-bond acceptors (Lipinski definition) is 4. The van der Waals surface area contributed by atoms with Gasteiger partial charge in [-0.15, -0.1) is 0 Å². The molecule has 0 fully saturated rings. The van der Waals surface area contributed by atoms with E-state index in [1.54, 1.807) is 18.2 Å². The van der Waals surface area contributed by atoms with Gasteiger partial charge in [0.05, 0.1) is 11.1 Å². The Morgan fingerprint density at radius 1 is 1.03 bits per heavy atom. The molecule has 2 N–H and O–H groups in total. The van der Waals surface area contributed by atoms with E-state index < -0.39 is 0 Å². The maximum absolute atomic E-state index is 13.0. The van der Waals surface area contributed by atoms with E-state index in [2.05, 4.69) is 20.3 Å². The van der Waals surface area contributed by atoms with Crippen LogP contribution < -0.4 is 10.9 Å². The number of nitrogens with one attached hydrogen (secondary N) is 2. The van der Waals surface area contributed by atoms with Crippen molar-refractivity contribution in [1.29, 1.82) is 0 Å². The zero-order valence-electron chi connectivity index (χ0n) is 16.2. The number of H-pyrrole nitrogens is 1. The van der Waals surface area contributed by atoms with Gasteiger partial charge in [0.15, 0.2) is 0 Å². The van der Waals surface area contributed by atoms with Gasteiger partial charge in [-0.2, -0.15) is 0 Å². The third-order valence-electron chi connectivity index (χ3n) is 4.64. The van der Waals surface area contributed by atoms with E-state index in [0.717, 1.165) is 27.9 Å². The van der Waals surface area contributed by atoms with Gasteiger partial charge in [-0.05, 0) is 37.6 Å². The maximum atomic E-state index is 13.0. The number of aromatic nitrogens is 3. The van der Waals surface area contributed by atoms with Crippen LogP contribution in [-0.4, -0.2) is 20.9 Å². The van der Waals surface area contributed by atoms with Crippen LogP contribution in [0.25, 0.3) is 22.3 Å². The van der Waals surface area contributed by atoms with Gasteiger partial charge in [0.1, 0.15) is 5.82 Å². The summed E-state index contributed by atoms with van der Waals surface area (Å²) in [6.45, 7) is 3.82. The van der Waals surface area contributed by atoms with E-state index in [9.17, 15) is 9.59 Å². The largest absolute Gasteiger partial charge is 0.322 e. The molecule has 0 saturated carbocycles. The number of nitrogens with zero attached hydrogens (tertiary/aromatic N) is 2. The average molecular weight is 384 g/mol. The molecule has 0 saturated heterocycles. The first-order chi connectivity index (χ1) is 14.0. The number of aromatic amines is 1. The SMILES string of the molecule is CCc1cc(=O)[nH]c(-c2cccc(NC(=O)c3cc(C)nc4ccccc34)c2)n1. The molecule has 0 unspecified atom stereocenters. The number of amides is 1. The molecule has 2 heterocycles. The van der Waals surface area contributed by atoms with Crippen LogP contribution in [0.3, 0.4) is 0 Å². The molecule has 0 spiro atoms. The fourth-order valence-electron chi connectivity index (χ4n) is 3.26. The second-order valence-corrected chi connectivity index (χ2v) is 6.80.